The van der Waals surface area contributed by atoms with E-state index in [0.29, 0.717) is 17.3 Å². The maximum Gasteiger partial charge on any atom is 0.251 e. The second-order valence-electron chi connectivity index (χ2n) is 8.52. The Morgan fingerprint density at radius 3 is 2.60 bits per heavy atom. The molecule has 2 aliphatic carbocycles. The van der Waals surface area contributed by atoms with Crippen molar-refractivity contribution in [3.63, 3.8) is 0 Å². The van der Waals surface area contributed by atoms with Gasteiger partial charge >= 0.3 is 0 Å². The molecule has 6 nitrogen and oxygen atoms in total. The third-order valence-electron chi connectivity index (χ3n) is 6.42. The largest absolute Gasteiger partial charge is 0.349 e. The zero-order chi connectivity index (χ0) is 20.9. The summed E-state index contributed by atoms with van der Waals surface area (Å²) in [6.07, 6.45) is 12.4. The van der Waals surface area contributed by atoms with Gasteiger partial charge in [-0.25, -0.2) is 4.98 Å². The number of amides is 2. The Balaban J connectivity index is 1.25. The van der Waals surface area contributed by atoms with Crippen LogP contribution in [0, 0.1) is 11.8 Å². The number of nitrogens with one attached hydrogen (secondary N) is 2. The van der Waals surface area contributed by atoms with Crippen molar-refractivity contribution in [2.24, 2.45) is 18.9 Å². The van der Waals surface area contributed by atoms with E-state index >= 15 is 0 Å². The minimum Gasteiger partial charge on any atom is -0.349 e. The number of thioether (sulfide) groups is 1. The van der Waals surface area contributed by atoms with E-state index < -0.39 is 0 Å². The Hall–Kier alpha value is -2.28. The normalized spacial score (nSPS) is 23.4. The van der Waals surface area contributed by atoms with Crippen LogP contribution >= 0.6 is 11.8 Å². The molecule has 4 rings (SSSR count). The molecule has 7 heteroatoms. The number of carbonyl (C=O) groups is 2. The van der Waals surface area contributed by atoms with E-state index in [1.807, 2.05) is 17.8 Å². The number of aryl methyl sites for hydroxylation is 1. The second kappa shape index (κ2) is 9.69. The average Bonchev–Trinajstić information content (AvgIpc) is 3.17. The number of hydrogen-bond donors (Lipinski definition) is 2. The highest BCUT2D eigenvalue weighted by atomic mass is 32.2. The molecule has 1 aromatic heterocycles. The number of imidazole rings is 1. The first-order valence-corrected chi connectivity index (χ1v) is 11.9. The molecule has 1 heterocycles. The minimum atomic E-state index is -0.0931. The van der Waals surface area contributed by atoms with E-state index in [1.54, 1.807) is 30.5 Å². The van der Waals surface area contributed by atoms with Gasteiger partial charge in [0.05, 0.1) is 5.75 Å². The summed E-state index contributed by atoms with van der Waals surface area (Å²) in [7, 11) is 1.90. The minimum absolute atomic E-state index is 0.0162. The van der Waals surface area contributed by atoms with Crippen molar-refractivity contribution in [1.29, 1.82) is 0 Å². The summed E-state index contributed by atoms with van der Waals surface area (Å²) < 4.78 is 1.88. The fourth-order valence-corrected chi connectivity index (χ4v) is 5.53. The molecule has 2 fully saturated rings. The van der Waals surface area contributed by atoms with E-state index in [0.717, 1.165) is 29.8 Å². The molecule has 2 N–H and O–H groups in total. The van der Waals surface area contributed by atoms with E-state index in [4.69, 9.17) is 0 Å². The van der Waals surface area contributed by atoms with Gasteiger partial charge in [0.25, 0.3) is 5.91 Å². The maximum absolute atomic E-state index is 12.7. The summed E-state index contributed by atoms with van der Waals surface area (Å²) in [5.74, 6) is 1.85. The topological polar surface area (TPSA) is 76.0 Å². The molecule has 2 amide bonds. The Morgan fingerprint density at radius 1 is 1.10 bits per heavy atom. The Kier molecular flexibility index (Phi) is 6.77. The summed E-state index contributed by atoms with van der Waals surface area (Å²) in [6.45, 7) is 0. The van der Waals surface area contributed by atoms with E-state index in [9.17, 15) is 9.59 Å². The van der Waals surface area contributed by atoms with Crippen LogP contribution in [0.2, 0.25) is 0 Å². The zero-order valence-corrected chi connectivity index (χ0v) is 18.3. The Labute approximate surface area is 182 Å². The predicted molar refractivity (Wildman–Crippen MR) is 120 cm³/mol. The van der Waals surface area contributed by atoms with Gasteiger partial charge in [0.15, 0.2) is 5.16 Å². The van der Waals surface area contributed by atoms with Gasteiger partial charge in [0, 0.05) is 36.7 Å². The molecule has 0 aliphatic heterocycles. The first kappa shape index (κ1) is 21.0. The molecule has 0 unspecified atom stereocenters. The molecule has 0 saturated heterocycles. The zero-order valence-electron chi connectivity index (χ0n) is 17.5. The van der Waals surface area contributed by atoms with Crippen molar-refractivity contribution in [2.75, 3.05) is 11.1 Å². The summed E-state index contributed by atoms with van der Waals surface area (Å²) >= 11 is 1.39. The van der Waals surface area contributed by atoms with Crippen LogP contribution in [0.4, 0.5) is 5.69 Å². The number of nitrogens with zero attached hydrogens (tertiary/aromatic N) is 2. The summed E-state index contributed by atoms with van der Waals surface area (Å²) in [6, 6.07) is 7.43. The fourth-order valence-electron chi connectivity index (χ4n) is 4.80. The maximum atomic E-state index is 12.7. The van der Waals surface area contributed by atoms with Gasteiger partial charge in [0.2, 0.25) is 5.91 Å². The van der Waals surface area contributed by atoms with Crippen LogP contribution in [0.15, 0.2) is 41.8 Å². The number of aromatic nitrogens is 2. The van der Waals surface area contributed by atoms with Crippen molar-refractivity contribution in [1.82, 2.24) is 14.9 Å². The predicted octanol–water partition coefficient (Wildman–Crippen LogP) is 4.24. The Morgan fingerprint density at radius 2 is 1.87 bits per heavy atom. The van der Waals surface area contributed by atoms with Crippen molar-refractivity contribution in [3.05, 3.63) is 42.2 Å². The van der Waals surface area contributed by atoms with E-state index in [2.05, 4.69) is 15.6 Å². The van der Waals surface area contributed by atoms with Gasteiger partial charge in [-0.05, 0) is 55.4 Å². The summed E-state index contributed by atoms with van der Waals surface area (Å²) in [5.41, 5.74) is 1.33. The molecule has 2 aromatic rings. The van der Waals surface area contributed by atoms with E-state index in [-0.39, 0.29) is 17.6 Å². The van der Waals surface area contributed by atoms with Crippen LogP contribution in [0.1, 0.15) is 55.3 Å². The van der Waals surface area contributed by atoms with Crippen LogP contribution < -0.4 is 10.6 Å². The van der Waals surface area contributed by atoms with Crippen molar-refractivity contribution < 1.29 is 9.59 Å². The molecular formula is C23H30N4O2S. The molecule has 0 bridgehead atoms. The van der Waals surface area contributed by atoms with Gasteiger partial charge in [-0.2, -0.15) is 0 Å². The SMILES string of the molecule is Cn1ccnc1SCC(=O)Nc1ccc(C(=O)N[C@@H]2CC[C@@H]3CCCC[C@H]3C2)cc1. The summed E-state index contributed by atoms with van der Waals surface area (Å²) in [5, 5.41) is 6.91. The average molecular weight is 427 g/mol. The van der Waals surface area contributed by atoms with Crippen LogP contribution in [0.3, 0.4) is 0 Å². The number of hydrogen-bond acceptors (Lipinski definition) is 4. The molecule has 1 aromatic carbocycles. The van der Waals surface area contributed by atoms with E-state index in [1.165, 1.54) is 43.9 Å². The van der Waals surface area contributed by atoms with Gasteiger partial charge in [-0.1, -0.05) is 37.4 Å². The number of benzene rings is 1. The highest BCUT2D eigenvalue weighted by Crippen LogP contribution is 2.40. The molecule has 30 heavy (non-hydrogen) atoms. The quantitative estimate of drug-likeness (QED) is 0.678. The molecule has 2 saturated carbocycles. The van der Waals surface area contributed by atoms with Crippen molar-refractivity contribution in [2.45, 2.75) is 56.1 Å². The van der Waals surface area contributed by atoms with Gasteiger partial charge in [-0.3, -0.25) is 9.59 Å². The highest BCUT2D eigenvalue weighted by molar-refractivity contribution is 7.99. The van der Waals surface area contributed by atoms with Gasteiger partial charge < -0.3 is 15.2 Å². The molecule has 0 radical (unpaired) electrons. The van der Waals surface area contributed by atoms with Gasteiger partial charge in [-0.15, -0.1) is 0 Å². The van der Waals surface area contributed by atoms with Crippen LogP contribution in [-0.2, 0) is 11.8 Å². The monoisotopic (exact) mass is 426 g/mol. The number of fused-ring (bicyclic) bond motifs is 1. The lowest BCUT2D eigenvalue weighted by Crippen LogP contribution is -2.41. The first-order chi connectivity index (χ1) is 14.6. The van der Waals surface area contributed by atoms with Crippen molar-refractivity contribution in [3.8, 4) is 0 Å². The first-order valence-electron chi connectivity index (χ1n) is 10.9. The lowest BCUT2D eigenvalue weighted by atomic mass is 9.69. The second-order valence-corrected chi connectivity index (χ2v) is 9.47. The molecule has 160 valence electrons. The third-order valence-corrected chi connectivity index (χ3v) is 7.47. The van der Waals surface area contributed by atoms with Crippen LogP contribution in [-0.4, -0.2) is 33.2 Å². The van der Waals surface area contributed by atoms with Crippen LogP contribution in [0.5, 0.6) is 0 Å². The molecule has 0 spiro atoms. The number of anilines is 1. The summed E-state index contributed by atoms with van der Waals surface area (Å²) in [4.78, 5) is 29.0. The highest BCUT2D eigenvalue weighted by Gasteiger charge is 2.32. The van der Waals surface area contributed by atoms with Gasteiger partial charge in [0.1, 0.15) is 0 Å². The van der Waals surface area contributed by atoms with Crippen LogP contribution in [0.25, 0.3) is 0 Å². The van der Waals surface area contributed by atoms with Crippen molar-refractivity contribution >= 4 is 29.3 Å². The third kappa shape index (κ3) is 5.25. The smallest absolute Gasteiger partial charge is 0.251 e. The molecule has 2 aliphatic rings. The number of carbonyl (C=O) groups excluding carboxylic acids is 2. The number of rotatable bonds is 6. The molecule has 3 atom stereocenters. The fraction of sp³-hybridized carbons (Fsp3) is 0.522. The standard InChI is InChI=1S/C23H30N4O2S/c1-27-13-12-24-23(27)30-15-21(28)25-19-9-7-17(8-10-19)22(29)26-20-11-6-16-4-2-3-5-18(16)14-20/h7-10,12-13,16,18,20H,2-6,11,14-15H2,1H3,(H,25,28)(H,26,29)/t16-,18-,20+/m0/s1. The lowest BCUT2D eigenvalue weighted by Gasteiger charge is -2.39. The Bertz CT molecular complexity index is 880. The lowest BCUT2D eigenvalue weighted by molar-refractivity contribution is -0.113. The molecular weight excluding hydrogens is 396 g/mol.